The first-order valence-corrected chi connectivity index (χ1v) is 19.2. The van der Waals surface area contributed by atoms with E-state index in [2.05, 4.69) is 31.3 Å². The third-order valence-electron chi connectivity index (χ3n) is 9.06. The van der Waals surface area contributed by atoms with Gasteiger partial charge < -0.3 is 34.1 Å². The molecule has 0 spiro atoms. The van der Waals surface area contributed by atoms with Crippen LogP contribution >= 0.6 is 0 Å². The van der Waals surface area contributed by atoms with Crippen molar-refractivity contribution in [3.8, 4) is 0 Å². The topological polar surface area (TPSA) is 95.5 Å². The van der Waals surface area contributed by atoms with Crippen LogP contribution in [0.2, 0.25) is 0 Å². The molecule has 8 nitrogen and oxygen atoms in total. The molecule has 1 aliphatic heterocycles. The van der Waals surface area contributed by atoms with E-state index in [-0.39, 0.29) is 18.6 Å². The molecule has 0 aromatic heterocycles. The number of rotatable bonds is 31. The second-order valence-electron chi connectivity index (χ2n) is 13.2. The summed E-state index contributed by atoms with van der Waals surface area (Å²) < 4.78 is 29.3. The Morgan fingerprint density at radius 3 is 2.04 bits per heavy atom. The fraction of sp³-hybridized carbons (Fsp3) is 0.872. The molecule has 276 valence electrons. The zero-order valence-corrected chi connectivity index (χ0v) is 30.9. The standard InChI is InChI=1S/C39H73NO7/c1-6-9-11-13-14-15-16-17-18-19-20-21-22-24-26-28-35(41)40-36-38(37(42)34(32-43-4)47-39(36)46-30-8-3)45-31-29-33(44-5)27-25-23-12-10-7-2/h8,15-16,30,33-34,36-39,42H,6-7,9-14,17-29,31-32H2,1-5H3,(H,40,41)/b16-15-,30-8-/t33-,34-,36-,37-,38-,39+/m1/s1. The van der Waals surface area contributed by atoms with E-state index in [0.29, 0.717) is 19.4 Å². The molecular weight excluding hydrogens is 594 g/mol. The minimum Gasteiger partial charge on any atom is -0.471 e. The molecule has 0 radical (unpaired) electrons. The molecule has 6 atom stereocenters. The van der Waals surface area contributed by atoms with Gasteiger partial charge in [0.1, 0.15) is 24.4 Å². The van der Waals surface area contributed by atoms with Crippen LogP contribution in [0, 0.1) is 0 Å². The zero-order valence-electron chi connectivity index (χ0n) is 30.9. The predicted molar refractivity (Wildman–Crippen MR) is 192 cm³/mol. The Labute approximate surface area is 288 Å². The number of carbonyl (C=O) groups is 1. The highest BCUT2D eigenvalue weighted by Crippen LogP contribution is 2.26. The van der Waals surface area contributed by atoms with E-state index in [1.54, 1.807) is 26.6 Å². The van der Waals surface area contributed by atoms with Gasteiger partial charge in [0.15, 0.2) is 0 Å². The summed E-state index contributed by atoms with van der Waals surface area (Å²) in [7, 11) is 3.31. The van der Waals surface area contributed by atoms with Gasteiger partial charge in [-0.25, -0.2) is 0 Å². The molecule has 8 heteroatoms. The van der Waals surface area contributed by atoms with Crippen LogP contribution in [0.1, 0.15) is 156 Å². The smallest absolute Gasteiger partial charge is 0.222 e. The lowest BCUT2D eigenvalue weighted by molar-refractivity contribution is -0.265. The van der Waals surface area contributed by atoms with Crippen molar-refractivity contribution in [3.05, 3.63) is 24.5 Å². The van der Waals surface area contributed by atoms with Gasteiger partial charge in [0, 0.05) is 27.2 Å². The number of carbonyl (C=O) groups excluding carboxylic acids is 1. The molecule has 1 aliphatic rings. The minimum atomic E-state index is -0.984. The molecule has 1 heterocycles. The Hall–Kier alpha value is -1.45. The maximum atomic E-state index is 13.1. The van der Waals surface area contributed by atoms with Gasteiger partial charge in [-0.3, -0.25) is 4.79 Å². The highest BCUT2D eigenvalue weighted by Gasteiger charge is 2.47. The number of methoxy groups -OCH3 is 2. The maximum absolute atomic E-state index is 13.1. The Morgan fingerprint density at radius 1 is 0.830 bits per heavy atom. The molecule has 0 aromatic rings. The van der Waals surface area contributed by atoms with Crippen LogP contribution in [0.5, 0.6) is 0 Å². The molecule has 1 fully saturated rings. The van der Waals surface area contributed by atoms with Crippen molar-refractivity contribution in [2.75, 3.05) is 27.4 Å². The molecule has 2 N–H and O–H groups in total. The van der Waals surface area contributed by atoms with Gasteiger partial charge in [0.2, 0.25) is 12.2 Å². The number of hydrogen-bond donors (Lipinski definition) is 2. The second kappa shape index (κ2) is 30.6. The van der Waals surface area contributed by atoms with Crippen molar-refractivity contribution in [2.24, 2.45) is 0 Å². The van der Waals surface area contributed by atoms with Gasteiger partial charge in [0.25, 0.3) is 0 Å². The molecule has 1 amide bonds. The average Bonchev–Trinajstić information content (AvgIpc) is 3.07. The van der Waals surface area contributed by atoms with E-state index < -0.39 is 30.6 Å². The maximum Gasteiger partial charge on any atom is 0.222 e. The van der Waals surface area contributed by atoms with Crippen molar-refractivity contribution in [2.45, 2.75) is 192 Å². The van der Waals surface area contributed by atoms with Gasteiger partial charge in [0.05, 0.1) is 19.0 Å². The first kappa shape index (κ1) is 43.6. The Bertz CT molecular complexity index is 776. The summed E-state index contributed by atoms with van der Waals surface area (Å²) in [6.45, 7) is 6.91. The van der Waals surface area contributed by atoms with Crippen LogP contribution in [0.4, 0.5) is 0 Å². The van der Waals surface area contributed by atoms with Crippen LogP contribution in [0.15, 0.2) is 24.5 Å². The quantitative estimate of drug-likeness (QED) is 0.0433. The predicted octanol–water partition coefficient (Wildman–Crippen LogP) is 8.94. The minimum absolute atomic E-state index is 0.0815. The molecule has 0 bridgehead atoms. The summed E-state index contributed by atoms with van der Waals surface area (Å²) in [5, 5.41) is 14.3. The fourth-order valence-corrected chi connectivity index (χ4v) is 6.15. The summed E-state index contributed by atoms with van der Waals surface area (Å²) in [5.74, 6) is -0.0815. The summed E-state index contributed by atoms with van der Waals surface area (Å²) in [4.78, 5) is 13.1. The van der Waals surface area contributed by atoms with E-state index in [1.165, 1.54) is 89.9 Å². The third-order valence-corrected chi connectivity index (χ3v) is 9.06. The van der Waals surface area contributed by atoms with Crippen molar-refractivity contribution in [1.29, 1.82) is 0 Å². The van der Waals surface area contributed by atoms with Gasteiger partial charge >= 0.3 is 0 Å². The second-order valence-corrected chi connectivity index (χ2v) is 13.2. The monoisotopic (exact) mass is 668 g/mol. The van der Waals surface area contributed by atoms with Crippen molar-refractivity contribution in [1.82, 2.24) is 5.32 Å². The third kappa shape index (κ3) is 21.3. The average molecular weight is 668 g/mol. The van der Waals surface area contributed by atoms with Crippen LogP contribution in [-0.4, -0.2) is 75.2 Å². The molecule has 0 aliphatic carbocycles. The summed E-state index contributed by atoms with van der Waals surface area (Å²) in [5.41, 5.74) is 0. The molecule has 0 saturated carbocycles. The summed E-state index contributed by atoms with van der Waals surface area (Å²) in [6, 6.07) is -0.665. The number of allylic oxidation sites excluding steroid dienone is 3. The van der Waals surface area contributed by atoms with E-state index in [4.69, 9.17) is 23.7 Å². The van der Waals surface area contributed by atoms with Crippen molar-refractivity contribution < 1.29 is 33.6 Å². The zero-order chi connectivity index (χ0) is 34.4. The number of ether oxygens (including phenoxy) is 5. The van der Waals surface area contributed by atoms with E-state index in [0.717, 1.165) is 32.1 Å². The lowest BCUT2D eigenvalue weighted by atomic mass is 9.96. The van der Waals surface area contributed by atoms with Gasteiger partial charge in [-0.05, 0) is 51.9 Å². The Morgan fingerprint density at radius 2 is 1.43 bits per heavy atom. The highest BCUT2D eigenvalue weighted by atomic mass is 16.7. The number of nitrogens with one attached hydrogen (secondary N) is 1. The van der Waals surface area contributed by atoms with E-state index in [1.807, 2.05) is 6.92 Å². The molecular formula is C39H73NO7. The molecule has 1 rings (SSSR count). The largest absolute Gasteiger partial charge is 0.471 e. The molecule has 47 heavy (non-hydrogen) atoms. The lowest BCUT2D eigenvalue weighted by Crippen LogP contribution is -2.65. The number of aliphatic hydroxyl groups excluding tert-OH is 1. The van der Waals surface area contributed by atoms with Gasteiger partial charge in [-0.2, -0.15) is 0 Å². The van der Waals surface area contributed by atoms with Crippen LogP contribution in [-0.2, 0) is 28.5 Å². The van der Waals surface area contributed by atoms with Crippen LogP contribution < -0.4 is 5.32 Å². The van der Waals surface area contributed by atoms with Gasteiger partial charge in [-0.15, -0.1) is 0 Å². The van der Waals surface area contributed by atoms with E-state index in [9.17, 15) is 9.90 Å². The fourth-order valence-electron chi connectivity index (χ4n) is 6.15. The van der Waals surface area contributed by atoms with Crippen molar-refractivity contribution in [3.63, 3.8) is 0 Å². The first-order valence-electron chi connectivity index (χ1n) is 19.2. The van der Waals surface area contributed by atoms with E-state index >= 15 is 0 Å². The normalized spacial score (nSPS) is 22.3. The van der Waals surface area contributed by atoms with Crippen LogP contribution in [0.3, 0.4) is 0 Å². The highest BCUT2D eigenvalue weighted by molar-refractivity contribution is 5.76. The summed E-state index contributed by atoms with van der Waals surface area (Å²) >= 11 is 0. The lowest BCUT2D eigenvalue weighted by Gasteiger charge is -2.44. The number of hydrogen-bond acceptors (Lipinski definition) is 7. The Balaban J connectivity index is 2.53. The van der Waals surface area contributed by atoms with Crippen molar-refractivity contribution >= 4 is 5.91 Å². The molecule has 0 aromatic carbocycles. The summed E-state index contributed by atoms with van der Waals surface area (Å²) in [6.07, 6.45) is 28.9. The number of unbranched alkanes of at least 4 members (excludes halogenated alkanes) is 15. The molecule has 0 unspecified atom stereocenters. The first-order chi connectivity index (χ1) is 23.0. The number of amides is 1. The van der Waals surface area contributed by atoms with Gasteiger partial charge in [-0.1, -0.05) is 116 Å². The Kier molecular flexibility index (Phi) is 28.4. The molecule has 1 saturated heterocycles. The van der Waals surface area contributed by atoms with Crippen LogP contribution in [0.25, 0.3) is 0 Å². The SMILES string of the molecule is C/C=C\O[C@H]1O[C@H](COC)[C@@H](O)[C@H](OCC[C@@H](CCCCCCC)OC)[C@H]1NC(=O)CCCCCCCCC/C=C\CCCCCC. The number of aliphatic hydroxyl groups is 1.